The Morgan fingerprint density at radius 1 is 1.12 bits per heavy atom. The van der Waals surface area contributed by atoms with Gasteiger partial charge in [0.2, 0.25) is 5.91 Å². The zero-order valence-corrected chi connectivity index (χ0v) is 24.0. The zero-order valence-electron chi connectivity index (χ0n) is 24.0. The highest BCUT2D eigenvalue weighted by Gasteiger charge is 2.52. The molecule has 2 aromatic rings. The van der Waals surface area contributed by atoms with Gasteiger partial charge in [-0.1, -0.05) is 32.4 Å². The lowest BCUT2D eigenvalue weighted by molar-refractivity contribution is -0.150. The summed E-state index contributed by atoms with van der Waals surface area (Å²) in [6.45, 7) is 7.30. The number of alkyl halides is 3. The second-order valence-corrected chi connectivity index (χ2v) is 11.9. The van der Waals surface area contributed by atoms with Crippen molar-refractivity contribution in [2.24, 2.45) is 11.3 Å². The van der Waals surface area contributed by atoms with E-state index in [1.807, 2.05) is 12.1 Å². The van der Waals surface area contributed by atoms with Gasteiger partial charge in [-0.05, 0) is 87.4 Å². The van der Waals surface area contributed by atoms with E-state index in [9.17, 15) is 22.8 Å². The van der Waals surface area contributed by atoms with Crippen molar-refractivity contribution in [1.29, 1.82) is 0 Å². The number of fused-ring (bicyclic) bond motifs is 1. The van der Waals surface area contributed by atoms with E-state index in [0.717, 1.165) is 49.9 Å². The van der Waals surface area contributed by atoms with Crippen molar-refractivity contribution in [3.8, 4) is 5.75 Å². The van der Waals surface area contributed by atoms with Crippen LogP contribution in [0.3, 0.4) is 0 Å². The van der Waals surface area contributed by atoms with Crippen LogP contribution in [0.4, 0.5) is 13.2 Å². The number of ether oxygens (including phenoxy) is 2. The van der Waals surface area contributed by atoms with Crippen LogP contribution in [0.5, 0.6) is 5.75 Å². The number of piperidine rings is 1. The highest BCUT2D eigenvalue weighted by atomic mass is 19.4. The van der Waals surface area contributed by atoms with Crippen molar-refractivity contribution < 1.29 is 32.2 Å². The molecule has 222 valence electrons. The molecule has 2 aromatic carbocycles. The van der Waals surface area contributed by atoms with Crippen LogP contribution >= 0.6 is 0 Å². The molecule has 0 spiro atoms. The predicted molar refractivity (Wildman–Crippen MR) is 148 cm³/mol. The maximum Gasteiger partial charge on any atom is 0.416 e. The minimum absolute atomic E-state index is 0.0311. The number of nitrogens with zero attached hydrogens (tertiary/aromatic N) is 2. The zero-order chi connectivity index (χ0) is 29.4. The van der Waals surface area contributed by atoms with Crippen molar-refractivity contribution >= 4 is 11.9 Å². The molecule has 2 fully saturated rings. The SMILES string of the molecule is CCOC(=O)c1cccc(C2CCCCN2[C@@H]2CCC(C(=O)N3COc4ccc(C(F)(F)F)cc4C3)(C(C)C)C2)c1. The number of rotatable bonds is 6. The second kappa shape index (κ2) is 11.7. The van der Waals surface area contributed by atoms with Gasteiger partial charge in [-0.15, -0.1) is 0 Å². The number of hydrogen-bond donors (Lipinski definition) is 0. The van der Waals surface area contributed by atoms with E-state index in [1.165, 1.54) is 6.07 Å². The Hall–Kier alpha value is -3.07. The molecular formula is C32H39F3N2O4. The third kappa shape index (κ3) is 5.83. The van der Waals surface area contributed by atoms with Crippen LogP contribution in [0, 0.1) is 11.3 Å². The summed E-state index contributed by atoms with van der Waals surface area (Å²) in [5, 5.41) is 0. The standard InChI is InChI=1S/C32H39F3N2O4/c1-4-40-29(38)23-9-7-8-22(16-23)27-10-5-6-15-37(27)26-13-14-31(18-26,21(2)3)30(39)36-19-24-17-25(32(33,34)35)11-12-28(24)41-20-36/h7-9,11-12,16-17,21,26-27H,4-6,10,13-15,18-20H2,1-3H3/t26-,27?,31?/m1/s1. The van der Waals surface area contributed by atoms with Gasteiger partial charge in [0.1, 0.15) is 5.75 Å². The Morgan fingerprint density at radius 3 is 2.66 bits per heavy atom. The molecule has 0 radical (unpaired) electrons. The monoisotopic (exact) mass is 572 g/mol. The number of amides is 1. The summed E-state index contributed by atoms with van der Waals surface area (Å²) >= 11 is 0. The van der Waals surface area contributed by atoms with Crippen molar-refractivity contribution in [3.05, 3.63) is 64.7 Å². The highest BCUT2D eigenvalue weighted by Crippen LogP contribution is 2.50. The van der Waals surface area contributed by atoms with Crippen LogP contribution in [-0.4, -0.2) is 47.6 Å². The highest BCUT2D eigenvalue weighted by molar-refractivity contribution is 5.89. The maximum absolute atomic E-state index is 14.2. The second-order valence-electron chi connectivity index (χ2n) is 11.9. The number of hydrogen-bond acceptors (Lipinski definition) is 5. The summed E-state index contributed by atoms with van der Waals surface area (Å²) in [4.78, 5) is 30.7. The van der Waals surface area contributed by atoms with Gasteiger partial charge >= 0.3 is 12.1 Å². The van der Waals surface area contributed by atoms with Crippen molar-refractivity contribution in [2.75, 3.05) is 19.9 Å². The first-order valence-corrected chi connectivity index (χ1v) is 14.7. The van der Waals surface area contributed by atoms with Gasteiger partial charge in [-0.3, -0.25) is 9.69 Å². The van der Waals surface area contributed by atoms with E-state index >= 15 is 0 Å². The van der Waals surface area contributed by atoms with Crippen LogP contribution in [0.15, 0.2) is 42.5 Å². The Kier molecular flexibility index (Phi) is 8.37. The normalized spacial score (nSPS) is 25.1. The van der Waals surface area contributed by atoms with Crippen LogP contribution in [0.1, 0.15) is 92.4 Å². The lowest BCUT2D eigenvalue weighted by Gasteiger charge is -2.43. The summed E-state index contributed by atoms with van der Waals surface area (Å²) < 4.78 is 51.0. The first-order valence-electron chi connectivity index (χ1n) is 14.7. The molecule has 3 aliphatic rings. The van der Waals surface area contributed by atoms with Gasteiger partial charge in [-0.2, -0.15) is 13.2 Å². The number of esters is 1. The Labute approximate surface area is 239 Å². The Morgan fingerprint density at radius 2 is 1.93 bits per heavy atom. The molecule has 1 saturated carbocycles. The topological polar surface area (TPSA) is 59.1 Å². The molecule has 5 rings (SSSR count). The molecule has 1 aliphatic carbocycles. The van der Waals surface area contributed by atoms with Crippen molar-refractivity contribution in [3.63, 3.8) is 0 Å². The molecule has 0 aromatic heterocycles. The first-order chi connectivity index (χ1) is 19.5. The average Bonchev–Trinajstić information content (AvgIpc) is 3.43. The third-order valence-corrected chi connectivity index (χ3v) is 9.26. The number of carbonyl (C=O) groups is 2. The number of likely N-dealkylation sites (tertiary alicyclic amines) is 1. The van der Waals surface area contributed by atoms with E-state index < -0.39 is 17.2 Å². The maximum atomic E-state index is 14.2. The molecule has 2 heterocycles. The molecule has 2 unspecified atom stereocenters. The smallest absolute Gasteiger partial charge is 0.416 e. The lowest BCUT2D eigenvalue weighted by Crippen LogP contribution is -2.49. The molecule has 6 nitrogen and oxygen atoms in total. The third-order valence-electron chi connectivity index (χ3n) is 9.26. The number of carbonyl (C=O) groups excluding carboxylic acids is 2. The van der Waals surface area contributed by atoms with Gasteiger partial charge in [0, 0.05) is 17.6 Å². The number of benzene rings is 2. The molecule has 0 bridgehead atoms. The molecule has 2 aliphatic heterocycles. The quantitative estimate of drug-likeness (QED) is 0.350. The fraction of sp³-hybridized carbons (Fsp3) is 0.562. The van der Waals surface area contributed by atoms with Crippen molar-refractivity contribution in [1.82, 2.24) is 9.80 Å². The van der Waals surface area contributed by atoms with Crippen LogP contribution < -0.4 is 4.74 Å². The molecule has 41 heavy (non-hydrogen) atoms. The van der Waals surface area contributed by atoms with Crippen molar-refractivity contribution in [2.45, 2.75) is 84.1 Å². The summed E-state index contributed by atoms with van der Waals surface area (Å²) in [6, 6.07) is 11.5. The van der Waals surface area contributed by atoms with E-state index in [4.69, 9.17) is 9.47 Å². The predicted octanol–water partition coefficient (Wildman–Crippen LogP) is 6.98. The van der Waals surface area contributed by atoms with Gasteiger partial charge in [-0.25, -0.2) is 4.79 Å². The Bertz CT molecular complexity index is 1280. The summed E-state index contributed by atoms with van der Waals surface area (Å²) in [5.41, 5.74) is 0.654. The van der Waals surface area contributed by atoms with Crippen LogP contribution in [-0.2, 0) is 22.3 Å². The molecule has 1 amide bonds. The van der Waals surface area contributed by atoms with E-state index in [2.05, 4.69) is 24.8 Å². The van der Waals surface area contributed by atoms with E-state index in [0.29, 0.717) is 36.3 Å². The van der Waals surface area contributed by atoms with E-state index in [1.54, 1.807) is 17.9 Å². The molecular weight excluding hydrogens is 533 g/mol. The van der Waals surface area contributed by atoms with Crippen LogP contribution in [0.2, 0.25) is 0 Å². The number of halogens is 3. The van der Waals surface area contributed by atoms with E-state index in [-0.39, 0.29) is 43.2 Å². The Balaban J connectivity index is 1.36. The van der Waals surface area contributed by atoms with Gasteiger partial charge < -0.3 is 14.4 Å². The van der Waals surface area contributed by atoms with Gasteiger partial charge in [0.05, 0.1) is 29.7 Å². The van der Waals surface area contributed by atoms with Gasteiger partial charge in [0.25, 0.3) is 0 Å². The average molecular weight is 573 g/mol. The minimum atomic E-state index is -4.46. The fourth-order valence-electron chi connectivity index (χ4n) is 7.00. The molecule has 9 heteroatoms. The minimum Gasteiger partial charge on any atom is -0.473 e. The molecule has 0 N–H and O–H groups in total. The summed E-state index contributed by atoms with van der Waals surface area (Å²) in [6.07, 6.45) is 0.947. The van der Waals surface area contributed by atoms with Gasteiger partial charge in [0.15, 0.2) is 6.73 Å². The molecule has 3 atom stereocenters. The summed E-state index contributed by atoms with van der Waals surface area (Å²) in [5.74, 6) is 0.0787. The first kappa shape index (κ1) is 29.4. The molecule has 1 saturated heterocycles. The summed E-state index contributed by atoms with van der Waals surface area (Å²) in [7, 11) is 0. The lowest BCUT2D eigenvalue weighted by atomic mass is 9.74. The van der Waals surface area contributed by atoms with Crippen LogP contribution in [0.25, 0.3) is 0 Å². The fourth-order valence-corrected chi connectivity index (χ4v) is 7.00. The largest absolute Gasteiger partial charge is 0.473 e.